The van der Waals surface area contributed by atoms with Crippen LogP contribution in [0.2, 0.25) is 0 Å². The van der Waals surface area contributed by atoms with Crippen molar-refractivity contribution in [2.75, 3.05) is 26.7 Å². The van der Waals surface area contributed by atoms with Crippen LogP contribution in [0.3, 0.4) is 0 Å². The highest BCUT2D eigenvalue weighted by atomic mass is 16.4. The Bertz CT molecular complexity index is 537. The number of carboxylic acids is 1. The maximum absolute atomic E-state index is 12.2. The Hall–Kier alpha value is -2.31. The molecule has 2 heterocycles. The zero-order valence-electron chi connectivity index (χ0n) is 11.3. The lowest BCUT2D eigenvalue weighted by Gasteiger charge is -2.20. The Kier molecular flexibility index (Phi) is 4.07. The van der Waals surface area contributed by atoms with Crippen molar-refractivity contribution >= 4 is 17.8 Å². The molecule has 0 atom stereocenters. The molecule has 1 N–H and O–H groups in total. The summed E-state index contributed by atoms with van der Waals surface area (Å²) in [6.45, 7) is 1.13. The van der Waals surface area contributed by atoms with Gasteiger partial charge in [0.25, 0.3) is 0 Å². The molecule has 0 unspecified atom stereocenters. The minimum absolute atomic E-state index is 0.0546. The topological polar surface area (TPSA) is 82.8 Å². The summed E-state index contributed by atoms with van der Waals surface area (Å²) in [5, 5.41) is 8.99. The Morgan fingerprint density at radius 1 is 1.35 bits per heavy atom. The number of nitrogens with zero attached hydrogens (tertiary/aromatic N) is 3. The van der Waals surface area contributed by atoms with Crippen LogP contribution in [-0.2, 0) is 16.1 Å². The van der Waals surface area contributed by atoms with Crippen LogP contribution in [0.1, 0.15) is 16.9 Å². The van der Waals surface area contributed by atoms with Crippen molar-refractivity contribution in [2.45, 2.75) is 13.0 Å². The van der Waals surface area contributed by atoms with Gasteiger partial charge in [0.05, 0.1) is 6.54 Å². The van der Waals surface area contributed by atoms with Crippen molar-refractivity contribution in [3.63, 3.8) is 0 Å². The smallest absolute Gasteiger partial charge is 0.352 e. The van der Waals surface area contributed by atoms with Gasteiger partial charge in [-0.05, 0) is 18.6 Å². The number of carboxylic acid groups (broad SMARTS) is 1. The molecule has 1 fully saturated rings. The molecule has 7 heteroatoms. The highest BCUT2D eigenvalue weighted by Crippen LogP contribution is 2.07. The van der Waals surface area contributed by atoms with Gasteiger partial charge in [-0.3, -0.25) is 9.59 Å². The van der Waals surface area contributed by atoms with Gasteiger partial charge in [-0.15, -0.1) is 0 Å². The van der Waals surface area contributed by atoms with E-state index in [1.54, 1.807) is 24.2 Å². The largest absolute Gasteiger partial charge is 0.477 e. The number of carbonyl (C=O) groups is 3. The van der Waals surface area contributed by atoms with Gasteiger partial charge >= 0.3 is 5.97 Å². The lowest BCUT2D eigenvalue weighted by molar-refractivity contribution is -0.138. The molecule has 1 aliphatic rings. The second-order valence-electron chi connectivity index (χ2n) is 4.81. The quantitative estimate of drug-likeness (QED) is 0.836. The van der Waals surface area contributed by atoms with Crippen LogP contribution in [-0.4, -0.2) is 63.9 Å². The molecule has 0 spiro atoms. The fourth-order valence-corrected chi connectivity index (χ4v) is 2.19. The van der Waals surface area contributed by atoms with Crippen molar-refractivity contribution in [2.24, 2.45) is 0 Å². The molecular formula is C13H17N3O4. The maximum Gasteiger partial charge on any atom is 0.352 e. The number of likely N-dealkylation sites (N-methyl/N-ethyl adjacent to an activating group) is 1. The monoisotopic (exact) mass is 279 g/mol. The van der Waals surface area contributed by atoms with Crippen LogP contribution in [0, 0.1) is 0 Å². The van der Waals surface area contributed by atoms with E-state index in [0.29, 0.717) is 13.1 Å². The highest BCUT2D eigenvalue weighted by molar-refractivity contribution is 5.88. The van der Waals surface area contributed by atoms with Crippen LogP contribution in [0.25, 0.3) is 0 Å². The third kappa shape index (κ3) is 2.98. The SMILES string of the molecule is CN1CCCN(C(=O)Cn2cccc2C(=O)O)CC1=O. The van der Waals surface area contributed by atoms with Gasteiger partial charge in [0.2, 0.25) is 11.8 Å². The van der Waals surface area contributed by atoms with Gasteiger partial charge in [-0.1, -0.05) is 0 Å². The molecule has 1 aliphatic heterocycles. The summed E-state index contributed by atoms with van der Waals surface area (Å²) < 4.78 is 1.38. The number of aromatic carboxylic acids is 1. The predicted molar refractivity (Wildman–Crippen MR) is 70.2 cm³/mol. The minimum Gasteiger partial charge on any atom is -0.477 e. The van der Waals surface area contributed by atoms with E-state index in [9.17, 15) is 14.4 Å². The molecule has 1 aromatic rings. The molecule has 2 amide bonds. The number of amides is 2. The zero-order chi connectivity index (χ0) is 14.7. The van der Waals surface area contributed by atoms with Crippen LogP contribution in [0.4, 0.5) is 0 Å². The number of aromatic nitrogens is 1. The Labute approximate surface area is 116 Å². The minimum atomic E-state index is -1.07. The standard InChI is InChI=1S/C13H17N3O4/c1-14-5-3-7-16(8-11(14)17)12(18)9-15-6-2-4-10(15)13(19)20/h2,4,6H,3,5,7-9H2,1H3,(H,19,20). The van der Waals surface area contributed by atoms with Crippen molar-refractivity contribution in [3.05, 3.63) is 24.0 Å². The Balaban J connectivity index is 2.06. The van der Waals surface area contributed by atoms with E-state index in [0.717, 1.165) is 6.42 Å². The molecule has 0 bridgehead atoms. The first kappa shape index (κ1) is 14.1. The van der Waals surface area contributed by atoms with E-state index in [4.69, 9.17) is 5.11 Å². The molecule has 7 nitrogen and oxygen atoms in total. The van der Waals surface area contributed by atoms with Gasteiger partial charge in [0.15, 0.2) is 0 Å². The second-order valence-corrected chi connectivity index (χ2v) is 4.81. The summed E-state index contributed by atoms with van der Waals surface area (Å²) in [4.78, 5) is 38.0. The third-order valence-electron chi connectivity index (χ3n) is 3.38. The fourth-order valence-electron chi connectivity index (χ4n) is 2.19. The van der Waals surface area contributed by atoms with Gasteiger partial charge in [-0.25, -0.2) is 4.79 Å². The summed E-state index contributed by atoms with van der Waals surface area (Å²) in [7, 11) is 1.71. The maximum atomic E-state index is 12.2. The molecule has 0 saturated carbocycles. The molecule has 0 radical (unpaired) electrons. The van der Waals surface area contributed by atoms with Gasteiger partial charge in [-0.2, -0.15) is 0 Å². The number of carbonyl (C=O) groups excluding carboxylic acids is 2. The Morgan fingerprint density at radius 2 is 2.10 bits per heavy atom. The first-order valence-electron chi connectivity index (χ1n) is 6.39. The summed E-state index contributed by atoms with van der Waals surface area (Å²) in [6.07, 6.45) is 2.28. The van der Waals surface area contributed by atoms with Crippen molar-refractivity contribution in [3.8, 4) is 0 Å². The molecule has 1 aromatic heterocycles. The first-order valence-corrected chi connectivity index (χ1v) is 6.39. The summed E-state index contributed by atoms with van der Waals surface area (Å²) in [5.74, 6) is -1.41. The van der Waals surface area contributed by atoms with E-state index in [1.165, 1.54) is 15.5 Å². The number of rotatable bonds is 3. The number of hydrogen-bond donors (Lipinski definition) is 1. The van der Waals surface area contributed by atoms with E-state index in [1.807, 2.05) is 0 Å². The molecule has 0 aromatic carbocycles. The summed E-state index contributed by atoms with van der Waals surface area (Å²) in [5.41, 5.74) is 0.0663. The average Bonchev–Trinajstić information content (AvgIpc) is 2.78. The normalized spacial score (nSPS) is 16.1. The van der Waals surface area contributed by atoms with E-state index >= 15 is 0 Å². The van der Waals surface area contributed by atoms with Crippen LogP contribution in [0.15, 0.2) is 18.3 Å². The van der Waals surface area contributed by atoms with Crippen molar-refractivity contribution in [1.82, 2.24) is 14.4 Å². The van der Waals surface area contributed by atoms with Gasteiger partial charge < -0.3 is 19.5 Å². The predicted octanol–water partition coefficient (Wildman–Crippen LogP) is -0.123. The molecule has 2 rings (SSSR count). The van der Waals surface area contributed by atoms with E-state index in [2.05, 4.69) is 0 Å². The van der Waals surface area contributed by atoms with Gasteiger partial charge in [0.1, 0.15) is 12.2 Å². The third-order valence-corrected chi connectivity index (χ3v) is 3.38. The van der Waals surface area contributed by atoms with Crippen LogP contribution >= 0.6 is 0 Å². The zero-order valence-corrected chi connectivity index (χ0v) is 11.3. The fraction of sp³-hybridized carbons (Fsp3) is 0.462. The summed E-state index contributed by atoms with van der Waals surface area (Å²) in [6, 6.07) is 3.02. The van der Waals surface area contributed by atoms with Crippen LogP contribution in [0.5, 0.6) is 0 Å². The highest BCUT2D eigenvalue weighted by Gasteiger charge is 2.23. The van der Waals surface area contributed by atoms with Crippen molar-refractivity contribution in [1.29, 1.82) is 0 Å². The lowest BCUT2D eigenvalue weighted by Crippen LogP contribution is -2.39. The molecule has 0 aliphatic carbocycles. The second kappa shape index (κ2) is 5.77. The molecular weight excluding hydrogens is 262 g/mol. The molecule has 1 saturated heterocycles. The lowest BCUT2D eigenvalue weighted by atomic mass is 10.3. The first-order chi connectivity index (χ1) is 9.49. The van der Waals surface area contributed by atoms with Gasteiger partial charge in [0, 0.05) is 26.3 Å². The average molecular weight is 279 g/mol. The van der Waals surface area contributed by atoms with Crippen LogP contribution < -0.4 is 0 Å². The van der Waals surface area contributed by atoms with Crippen molar-refractivity contribution < 1.29 is 19.5 Å². The number of hydrogen-bond acceptors (Lipinski definition) is 3. The van der Waals surface area contributed by atoms with E-state index < -0.39 is 5.97 Å². The molecule has 20 heavy (non-hydrogen) atoms. The van der Waals surface area contributed by atoms with E-state index in [-0.39, 0.29) is 30.6 Å². The Morgan fingerprint density at radius 3 is 2.80 bits per heavy atom. The summed E-state index contributed by atoms with van der Waals surface area (Å²) >= 11 is 0. The molecule has 108 valence electrons.